The van der Waals surface area contributed by atoms with Gasteiger partial charge >= 0.3 is 33.3 Å². The average molecular weight is 488 g/mol. The standard InChI is InChI=1S/C18H30O2.Pb.2H/c1-2-3-4-5-6-7-8-9-10-11-12-13-14-15-16-17-18(19)20;;;/h3-4,6-7,9-10H,2,5,8,11-17H2,1H3,(H,19,20);;;/b4-3-,7-6-,10-9-;;;. The zero-order valence-electron chi connectivity index (χ0n) is 13.6. The van der Waals surface area contributed by atoms with Crippen LogP contribution in [0.25, 0.3) is 0 Å². The summed E-state index contributed by atoms with van der Waals surface area (Å²) in [6, 6.07) is 0. The van der Waals surface area contributed by atoms with Crippen LogP contribution in [0.1, 0.15) is 71.1 Å². The molecule has 0 aliphatic heterocycles. The predicted molar refractivity (Wildman–Crippen MR) is 95.4 cm³/mol. The molecule has 21 heavy (non-hydrogen) atoms. The van der Waals surface area contributed by atoms with Gasteiger partial charge in [0.1, 0.15) is 0 Å². The van der Waals surface area contributed by atoms with E-state index in [9.17, 15) is 4.79 Å². The summed E-state index contributed by atoms with van der Waals surface area (Å²) in [6.45, 7) is 2.15. The van der Waals surface area contributed by atoms with Crippen molar-refractivity contribution in [3.05, 3.63) is 36.5 Å². The fourth-order valence-corrected chi connectivity index (χ4v) is 1.90. The molecule has 0 aliphatic rings. The summed E-state index contributed by atoms with van der Waals surface area (Å²) < 4.78 is 0. The number of carboxylic acid groups (broad SMARTS) is 1. The number of allylic oxidation sites excluding steroid dienone is 6. The first-order valence-corrected chi connectivity index (χ1v) is 7.94. The molecule has 2 nitrogen and oxygen atoms in total. The third kappa shape index (κ3) is 22.0. The van der Waals surface area contributed by atoms with E-state index in [1.54, 1.807) is 0 Å². The minimum absolute atomic E-state index is 0. The molecular formula is C18H32O2Pb. The summed E-state index contributed by atoms with van der Waals surface area (Å²) >= 11 is 0. The van der Waals surface area contributed by atoms with E-state index >= 15 is 0 Å². The van der Waals surface area contributed by atoms with Crippen molar-refractivity contribution in [3.63, 3.8) is 0 Å². The van der Waals surface area contributed by atoms with E-state index in [1.807, 2.05) is 0 Å². The van der Waals surface area contributed by atoms with E-state index in [0.29, 0.717) is 6.42 Å². The fraction of sp³-hybridized carbons (Fsp3) is 0.611. The molecule has 0 aromatic heterocycles. The van der Waals surface area contributed by atoms with Crippen LogP contribution in [0.5, 0.6) is 0 Å². The summed E-state index contributed by atoms with van der Waals surface area (Å²) in [6.07, 6.45) is 23.4. The van der Waals surface area contributed by atoms with Crippen LogP contribution in [0.3, 0.4) is 0 Å². The first-order valence-electron chi connectivity index (χ1n) is 7.94. The van der Waals surface area contributed by atoms with Crippen LogP contribution in [0.15, 0.2) is 36.5 Å². The van der Waals surface area contributed by atoms with Gasteiger partial charge < -0.3 is 5.11 Å². The Balaban J connectivity index is 0. The molecule has 0 amide bonds. The second-order valence-corrected chi connectivity index (χ2v) is 4.99. The van der Waals surface area contributed by atoms with E-state index in [2.05, 4.69) is 43.4 Å². The number of carboxylic acids is 1. The molecule has 3 heteroatoms. The van der Waals surface area contributed by atoms with Gasteiger partial charge in [0.05, 0.1) is 0 Å². The zero-order valence-corrected chi connectivity index (χ0v) is 19.1. The summed E-state index contributed by atoms with van der Waals surface area (Å²) in [7, 11) is 0. The molecule has 0 unspecified atom stereocenters. The molecule has 120 valence electrons. The number of hydrogen-bond acceptors (Lipinski definition) is 1. The summed E-state index contributed by atoms with van der Waals surface area (Å²) in [5, 5.41) is 8.50. The monoisotopic (exact) mass is 488 g/mol. The molecule has 2 radical (unpaired) electrons. The Morgan fingerprint density at radius 3 is 1.95 bits per heavy atom. The Bertz CT molecular complexity index is 306. The van der Waals surface area contributed by atoms with Gasteiger partial charge in [-0.2, -0.15) is 0 Å². The first kappa shape index (κ1) is 22.9. The van der Waals surface area contributed by atoms with Crippen molar-refractivity contribution in [1.82, 2.24) is 0 Å². The van der Waals surface area contributed by atoms with E-state index in [0.717, 1.165) is 44.9 Å². The molecule has 0 aromatic rings. The zero-order chi connectivity index (χ0) is 14.9. The normalized spacial score (nSPS) is 11.5. The predicted octanol–water partition coefficient (Wildman–Crippen LogP) is 4.74. The molecule has 0 saturated carbocycles. The van der Waals surface area contributed by atoms with Crippen LogP contribution in [-0.4, -0.2) is 38.4 Å². The van der Waals surface area contributed by atoms with Gasteiger partial charge in [-0.25, -0.2) is 0 Å². The molecule has 0 aromatic carbocycles. The SMILES string of the molecule is CC/C=C\C/C=C\C/C=C\CCCCCCCC(=O)O.[PbH2]. The van der Waals surface area contributed by atoms with E-state index in [4.69, 9.17) is 5.11 Å². The van der Waals surface area contributed by atoms with Crippen molar-refractivity contribution >= 4 is 33.3 Å². The van der Waals surface area contributed by atoms with Crippen LogP contribution in [0.2, 0.25) is 0 Å². The summed E-state index contributed by atoms with van der Waals surface area (Å²) in [4.78, 5) is 10.3. The topological polar surface area (TPSA) is 37.3 Å². The van der Waals surface area contributed by atoms with Gasteiger partial charge in [-0.1, -0.05) is 62.6 Å². The molecule has 0 aliphatic carbocycles. The molecular weight excluding hydrogens is 455 g/mol. The van der Waals surface area contributed by atoms with Gasteiger partial charge in [-0.15, -0.1) is 0 Å². The maximum absolute atomic E-state index is 10.3. The van der Waals surface area contributed by atoms with Crippen LogP contribution in [0.4, 0.5) is 0 Å². The summed E-state index contributed by atoms with van der Waals surface area (Å²) in [5.74, 6) is -0.675. The van der Waals surface area contributed by atoms with Gasteiger partial charge in [0.2, 0.25) is 0 Å². The van der Waals surface area contributed by atoms with Crippen LogP contribution in [0, 0.1) is 0 Å². The van der Waals surface area contributed by atoms with E-state index in [1.165, 1.54) is 12.8 Å². The molecule has 0 bridgehead atoms. The van der Waals surface area contributed by atoms with Gasteiger partial charge in [-0.3, -0.25) is 4.79 Å². The van der Waals surface area contributed by atoms with E-state index in [-0.39, 0.29) is 27.3 Å². The fourth-order valence-electron chi connectivity index (χ4n) is 1.90. The summed E-state index contributed by atoms with van der Waals surface area (Å²) in [5.41, 5.74) is 0. The molecule has 0 fully saturated rings. The Kier molecular flexibility index (Phi) is 21.4. The average Bonchev–Trinajstić information content (AvgIpc) is 2.43. The quantitative estimate of drug-likeness (QED) is 0.231. The third-order valence-electron chi connectivity index (χ3n) is 3.04. The van der Waals surface area contributed by atoms with Crippen molar-refractivity contribution in [2.75, 3.05) is 0 Å². The molecule has 0 heterocycles. The molecule has 0 rings (SSSR count). The van der Waals surface area contributed by atoms with Gasteiger partial charge in [0.25, 0.3) is 0 Å². The second-order valence-electron chi connectivity index (χ2n) is 4.99. The van der Waals surface area contributed by atoms with Gasteiger partial charge in [0.15, 0.2) is 0 Å². The van der Waals surface area contributed by atoms with Crippen LogP contribution >= 0.6 is 0 Å². The third-order valence-corrected chi connectivity index (χ3v) is 3.04. The van der Waals surface area contributed by atoms with Gasteiger partial charge in [-0.05, 0) is 38.5 Å². The van der Waals surface area contributed by atoms with Crippen molar-refractivity contribution in [2.45, 2.75) is 71.1 Å². The molecule has 0 saturated heterocycles. The van der Waals surface area contributed by atoms with Crippen molar-refractivity contribution in [2.24, 2.45) is 0 Å². The Hall–Kier alpha value is -0.388. The van der Waals surface area contributed by atoms with Crippen molar-refractivity contribution in [3.8, 4) is 0 Å². The minimum atomic E-state index is -0.675. The van der Waals surface area contributed by atoms with Crippen LogP contribution < -0.4 is 0 Å². The Morgan fingerprint density at radius 2 is 1.33 bits per heavy atom. The number of carbonyl (C=O) groups is 1. The first-order chi connectivity index (χ1) is 9.77. The number of rotatable bonds is 13. The number of unbranched alkanes of at least 4 members (excludes halogenated alkanes) is 5. The molecule has 0 spiro atoms. The Labute approximate surface area is 150 Å². The molecule has 1 N–H and O–H groups in total. The van der Waals surface area contributed by atoms with E-state index < -0.39 is 5.97 Å². The number of aliphatic carboxylic acids is 1. The van der Waals surface area contributed by atoms with Gasteiger partial charge in [0, 0.05) is 6.42 Å². The van der Waals surface area contributed by atoms with Crippen molar-refractivity contribution < 1.29 is 9.90 Å². The Morgan fingerprint density at radius 1 is 0.810 bits per heavy atom. The van der Waals surface area contributed by atoms with Crippen LogP contribution in [-0.2, 0) is 4.79 Å². The molecule has 0 atom stereocenters. The second kappa shape index (κ2) is 19.6. The number of hydrogen-bond donors (Lipinski definition) is 1. The van der Waals surface area contributed by atoms with Crippen molar-refractivity contribution in [1.29, 1.82) is 0 Å². The maximum atomic E-state index is 10.3.